The normalized spacial score (nSPS) is 17.0. The number of carbonyl (C=O) groups excluding carboxylic acids is 2. The van der Waals surface area contributed by atoms with E-state index in [0.717, 1.165) is 31.4 Å². The molecule has 2 aromatic heterocycles. The number of benzene rings is 1. The molecule has 1 aliphatic carbocycles. The Morgan fingerprint density at radius 2 is 1.76 bits per heavy atom. The summed E-state index contributed by atoms with van der Waals surface area (Å²) in [6, 6.07) is 9.25. The molecule has 4 rings (SSSR count). The van der Waals surface area contributed by atoms with Crippen LogP contribution in [0.5, 0.6) is 0 Å². The fourth-order valence-electron chi connectivity index (χ4n) is 4.53. The molecule has 0 unspecified atom stereocenters. The van der Waals surface area contributed by atoms with Crippen LogP contribution in [-0.4, -0.2) is 55.9 Å². The number of hydrazine groups is 1. The largest absolute Gasteiger partial charge is 0.449 e. The summed E-state index contributed by atoms with van der Waals surface area (Å²) in [5.41, 5.74) is 4.54. The summed E-state index contributed by atoms with van der Waals surface area (Å²) < 4.78 is 5.99. The zero-order valence-electron chi connectivity index (χ0n) is 21.2. The third-order valence-corrected chi connectivity index (χ3v) is 6.81. The van der Waals surface area contributed by atoms with Crippen molar-refractivity contribution in [2.24, 2.45) is 5.92 Å². The Morgan fingerprint density at radius 3 is 2.32 bits per heavy atom. The van der Waals surface area contributed by atoms with Crippen molar-refractivity contribution in [1.82, 2.24) is 15.3 Å². The van der Waals surface area contributed by atoms with Crippen LogP contribution in [0.15, 0.2) is 40.9 Å². The lowest BCUT2D eigenvalue weighted by atomic mass is 9.85. The van der Waals surface area contributed by atoms with Gasteiger partial charge in [0.15, 0.2) is 5.82 Å². The fourth-order valence-corrected chi connectivity index (χ4v) is 4.64. The molecule has 3 N–H and O–H groups in total. The van der Waals surface area contributed by atoms with Gasteiger partial charge in [-0.3, -0.25) is 9.59 Å². The Bertz CT molecular complexity index is 1210. The lowest BCUT2D eigenvalue weighted by Gasteiger charge is -2.32. The molecule has 0 saturated heterocycles. The number of pyridine rings is 1. The van der Waals surface area contributed by atoms with Crippen molar-refractivity contribution in [3.63, 3.8) is 0 Å². The summed E-state index contributed by atoms with van der Waals surface area (Å²) >= 11 is 5.96. The summed E-state index contributed by atoms with van der Waals surface area (Å²) in [5.74, 6) is -0.345. The Labute approximate surface area is 234 Å². The van der Waals surface area contributed by atoms with Gasteiger partial charge < -0.3 is 20.0 Å². The van der Waals surface area contributed by atoms with E-state index in [0.29, 0.717) is 33.5 Å². The quantitative estimate of drug-likeness (QED) is 0.335. The standard InChI is InChI=1S/C25H31ClN6O3.2ClH/c1-27-17-8-11-20-19(13-17)22(30-24(33)15-5-9-18(10-6-15)31(3)4)23(35-20)25(34)32(28-2)21-12-7-16(26)14-29-21;;/h7-8,11-15,18,27-28H,5-6,9-10H2,1-4H3,(H,30,33);2*1H. The molecule has 0 spiro atoms. The molecular formula is C25H33Cl3N6O3. The summed E-state index contributed by atoms with van der Waals surface area (Å²) in [4.78, 5) is 33.4. The van der Waals surface area contributed by atoms with Gasteiger partial charge in [0.05, 0.1) is 5.02 Å². The SMILES string of the molecule is CNc1ccc2oc(C(=O)N(NC)c3ccc(Cl)cn3)c(NC(=O)C3CCC(N(C)C)CC3)c2c1.Cl.Cl. The van der Waals surface area contributed by atoms with Crippen LogP contribution >= 0.6 is 36.4 Å². The van der Waals surface area contributed by atoms with Crippen LogP contribution in [0, 0.1) is 5.92 Å². The average molecular weight is 572 g/mol. The smallest absolute Gasteiger partial charge is 0.311 e. The molecule has 202 valence electrons. The second kappa shape index (κ2) is 13.3. The molecular weight excluding hydrogens is 539 g/mol. The Kier molecular flexibility index (Phi) is 11.0. The first-order valence-corrected chi connectivity index (χ1v) is 12.0. The van der Waals surface area contributed by atoms with E-state index in [2.05, 4.69) is 40.0 Å². The van der Waals surface area contributed by atoms with Gasteiger partial charge in [-0.15, -0.1) is 24.8 Å². The molecule has 0 bridgehead atoms. The molecule has 3 aromatic rings. The predicted molar refractivity (Wildman–Crippen MR) is 153 cm³/mol. The Morgan fingerprint density at radius 1 is 1.05 bits per heavy atom. The van der Waals surface area contributed by atoms with Gasteiger partial charge in [-0.1, -0.05) is 11.6 Å². The topological polar surface area (TPSA) is 103 Å². The number of amides is 2. The first-order valence-electron chi connectivity index (χ1n) is 11.7. The highest BCUT2D eigenvalue weighted by Gasteiger charge is 2.31. The molecule has 0 atom stereocenters. The average Bonchev–Trinajstić information content (AvgIpc) is 3.22. The number of furan rings is 1. The molecule has 0 radical (unpaired) electrons. The Balaban J connectivity index is 0.00000241. The summed E-state index contributed by atoms with van der Waals surface area (Å²) in [7, 11) is 7.56. The summed E-state index contributed by atoms with van der Waals surface area (Å²) in [6.07, 6.45) is 4.98. The van der Waals surface area contributed by atoms with Crippen LogP contribution in [-0.2, 0) is 4.79 Å². The van der Waals surface area contributed by atoms with Crippen molar-refractivity contribution in [1.29, 1.82) is 0 Å². The van der Waals surface area contributed by atoms with E-state index in [4.69, 9.17) is 16.0 Å². The van der Waals surface area contributed by atoms with Crippen molar-refractivity contribution in [3.05, 3.63) is 47.3 Å². The van der Waals surface area contributed by atoms with Crippen LogP contribution in [0.25, 0.3) is 11.0 Å². The molecule has 1 fully saturated rings. The van der Waals surface area contributed by atoms with Crippen LogP contribution in [0.4, 0.5) is 17.2 Å². The minimum atomic E-state index is -0.490. The van der Waals surface area contributed by atoms with E-state index in [1.165, 1.54) is 11.2 Å². The number of nitrogens with zero attached hydrogens (tertiary/aromatic N) is 3. The van der Waals surface area contributed by atoms with Gasteiger partial charge in [0, 0.05) is 43.3 Å². The highest BCUT2D eigenvalue weighted by molar-refractivity contribution is 6.30. The second-order valence-corrected chi connectivity index (χ2v) is 9.36. The molecule has 0 aliphatic heterocycles. The zero-order valence-corrected chi connectivity index (χ0v) is 23.6. The lowest BCUT2D eigenvalue weighted by Crippen LogP contribution is -2.41. The van der Waals surface area contributed by atoms with Crippen molar-refractivity contribution in [2.75, 3.05) is 43.8 Å². The zero-order chi connectivity index (χ0) is 25.1. The highest BCUT2D eigenvalue weighted by atomic mass is 35.5. The van der Waals surface area contributed by atoms with Gasteiger partial charge in [0.1, 0.15) is 11.3 Å². The molecule has 2 heterocycles. The number of hydrogen-bond acceptors (Lipinski definition) is 7. The van der Waals surface area contributed by atoms with Gasteiger partial charge in [0.2, 0.25) is 11.7 Å². The van der Waals surface area contributed by atoms with Crippen LogP contribution < -0.4 is 21.1 Å². The highest BCUT2D eigenvalue weighted by Crippen LogP contribution is 2.36. The molecule has 12 heteroatoms. The number of hydrogen-bond donors (Lipinski definition) is 3. The third-order valence-electron chi connectivity index (χ3n) is 6.58. The molecule has 2 amide bonds. The third kappa shape index (κ3) is 6.66. The number of halogens is 3. The summed E-state index contributed by atoms with van der Waals surface area (Å²) in [5, 5.41) is 8.48. The van der Waals surface area contributed by atoms with E-state index >= 15 is 0 Å². The van der Waals surface area contributed by atoms with Crippen molar-refractivity contribution < 1.29 is 14.0 Å². The number of fused-ring (bicyclic) bond motifs is 1. The number of rotatable bonds is 7. The van der Waals surface area contributed by atoms with E-state index < -0.39 is 5.91 Å². The monoisotopic (exact) mass is 570 g/mol. The van der Waals surface area contributed by atoms with Crippen molar-refractivity contribution >= 4 is 76.4 Å². The maximum Gasteiger partial charge on any atom is 0.311 e. The first-order chi connectivity index (χ1) is 16.8. The van der Waals surface area contributed by atoms with Gasteiger partial charge in [-0.2, -0.15) is 0 Å². The van der Waals surface area contributed by atoms with E-state index in [9.17, 15) is 9.59 Å². The maximum absolute atomic E-state index is 13.6. The van der Waals surface area contributed by atoms with Gasteiger partial charge in [-0.05, 0) is 70.1 Å². The van der Waals surface area contributed by atoms with Gasteiger partial charge in [-0.25, -0.2) is 15.4 Å². The molecule has 1 aliphatic rings. The maximum atomic E-state index is 13.6. The predicted octanol–water partition coefficient (Wildman–Crippen LogP) is 5.21. The number of carbonyl (C=O) groups is 2. The van der Waals surface area contributed by atoms with Crippen LogP contribution in [0.1, 0.15) is 36.2 Å². The van der Waals surface area contributed by atoms with Crippen LogP contribution in [0.2, 0.25) is 5.02 Å². The first kappa shape index (κ1) is 30.7. The minimum absolute atomic E-state index is 0. The number of aromatic nitrogens is 1. The fraction of sp³-hybridized carbons (Fsp3) is 0.400. The van der Waals surface area contributed by atoms with Gasteiger partial charge >= 0.3 is 5.91 Å². The second-order valence-electron chi connectivity index (χ2n) is 8.92. The molecule has 37 heavy (non-hydrogen) atoms. The minimum Gasteiger partial charge on any atom is -0.449 e. The van der Waals surface area contributed by atoms with Gasteiger partial charge in [0.25, 0.3) is 0 Å². The van der Waals surface area contributed by atoms with E-state index in [-0.39, 0.29) is 42.4 Å². The summed E-state index contributed by atoms with van der Waals surface area (Å²) in [6.45, 7) is 0. The van der Waals surface area contributed by atoms with Crippen molar-refractivity contribution in [2.45, 2.75) is 31.7 Å². The number of anilines is 3. The molecule has 1 saturated carbocycles. The van der Waals surface area contributed by atoms with Crippen molar-refractivity contribution in [3.8, 4) is 0 Å². The van der Waals surface area contributed by atoms with E-state index in [1.807, 2.05) is 19.2 Å². The van der Waals surface area contributed by atoms with E-state index in [1.54, 1.807) is 25.2 Å². The molecule has 9 nitrogen and oxygen atoms in total. The van der Waals surface area contributed by atoms with Crippen LogP contribution in [0.3, 0.4) is 0 Å². The molecule has 1 aromatic carbocycles. The number of nitrogens with one attached hydrogen (secondary N) is 3. The Hall–Kier alpha value is -2.56. The lowest BCUT2D eigenvalue weighted by molar-refractivity contribution is -0.121.